The van der Waals surface area contributed by atoms with E-state index in [-0.39, 0.29) is 30.0 Å². The van der Waals surface area contributed by atoms with Crippen molar-refractivity contribution in [3.63, 3.8) is 0 Å². The maximum absolute atomic E-state index is 13.1. The van der Waals surface area contributed by atoms with E-state index in [1.54, 1.807) is 11.4 Å². The Morgan fingerprint density at radius 1 is 0.968 bits per heavy atom. The highest BCUT2D eigenvalue weighted by Gasteiger charge is 2.30. The maximum Gasteiger partial charge on any atom is 0.416 e. The summed E-state index contributed by atoms with van der Waals surface area (Å²) in [5, 5.41) is 7.94. The quantitative estimate of drug-likeness (QED) is 0.405. The number of rotatable bonds is 4. The Morgan fingerprint density at radius 2 is 1.81 bits per heavy atom. The molecule has 0 saturated heterocycles. The van der Waals surface area contributed by atoms with Gasteiger partial charge in [-0.05, 0) is 40.6 Å². The first kappa shape index (κ1) is 19.8. The Hall–Kier alpha value is -3.18. The van der Waals surface area contributed by atoms with E-state index in [0.29, 0.717) is 10.2 Å². The Kier molecular flexibility index (Phi) is 4.59. The summed E-state index contributed by atoms with van der Waals surface area (Å²) in [5.41, 5.74) is -0.851. The van der Waals surface area contributed by atoms with Crippen molar-refractivity contribution in [2.45, 2.75) is 19.3 Å². The van der Waals surface area contributed by atoms with E-state index in [1.165, 1.54) is 43.8 Å². The molecule has 0 aliphatic carbocycles. The summed E-state index contributed by atoms with van der Waals surface area (Å²) in [7, 11) is 0. The molecule has 0 aliphatic heterocycles. The third-order valence-electron chi connectivity index (χ3n) is 4.87. The van der Waals surface area contributed by atoms with Gasteiger partial charge in [0.2, 0.25) is 5.78 Å². The molecule has 0 bridgehead atoms. The number of fused-ring (bicyclic) bond motifs is 3. The molecule has 11 heteroatoms. The van der Waals surface area contributed by atoms with Gasteiger partial charge in [0.15, 0.2) is 0 Å². The van der Waals surface area contributed by atoms with Crippen LogP contribution in [0, 0.1) is 0 Å². The zero-order valence-electron chi connectivity index (χ0n) is 15.7. The van der Waals surface area contributed by atoms with Crippen LogP contribution in [-0.2, 0) is 19.3 Å². The first-order valence-corrected chi connectivity index (χ1v) is 10.9. The molecule has 5 rings (SSSR count). The predicted octanol–water partition coefficient (Wildman–Crippen LogP) is 4.05. The number of alkyl halides is 3. The summed E-state index contributed by atoms with van der Waals surface area (Å²) >= 11 is 2.71. The third-order valence-corrected chi connectivity index (χ3v) is 6.62. The molecule has 0 radical (unpaired) electrons. The van der Waals surface area contributed by atoms with Crippen LogP contribution in [0.3, 0.4) is 0 Å². The molecule has 4 heterocycles. The highest BCUT2D eigenvalue weighted by atomic mass is 32.1. The van der Waals surface area contributed by atoms with Crippen LogP contribution in [0.1, 0.15) is 16.0 Å². The van der Waals surface area contributed by atoms with Gasteiger partial charge in [0.05, 0.1) is 24.2 Å². The first-order valence-electron chi connectivity index (χ1n) is 9.11. The van der Waals surface area contributed by atoms with Crippen LogP contribution in [-0.4, -0.2) is 18.7 Å². The normalized spacial score (nSPS) is 12.2. The molecular weight excluding hydrogens is 449 g/mol. The molecule has 0 spiro atoms. The monoisotopic (exact) mass is 462 g/mol. The van der Waals surface area contributed by atoms with Crippen molar-refractivity contribution in [3.8, 4) is 0 Å². The average molecular weight is 462 g/mol. The highest BCUT2D eigenvalue weighted by Crippen LogP contribution is 2.29. The molecule has 6 nitrogen and oxygen atoms in total. The van der Waals surface area contributed by atoms with Gasteiger partial charge in [0.1, 0.15) is 4.70 Å². The summed E-state index contributed by atoms with van der Waals surface area (Å²) in [5.74, 6) is 0.154. The van der Waals surface area contributed by atoms with Crippen LogP contribution in [0.15, 0.2) is 62.8 Å². The molecule has 0 fully saturated rings. The van der Waals surface area contributed by atoms with Gasteiger partial charge in [0, 0.05) is 4.88 Å². The van der Waals surface area contributed by atoms with Crippen molar-refractivity contribution in [3.05, 3.63) is 90.1 Å². The lowest BCUT2D eigenvalue weighted by Crippen LogP contribution is -2.26. The topological polar surface area (TPSA) is 61.3 Å². The van der Waals surface area contributed by atoms with E-state index in [4.69, 9.17) is 0 Å². The van der Waals surface area contributed by atoms with Gasteiger partial charge >= 0.3 is 11.9 Å². The van der Waals surface area contributed by atoms with Crippen molar-refractivity contribution in [1.29, 1.82) is 0 Å². The minimum absolute atomic E-state index is 0.150. The van der Waals surface area contributed by atoms with Crippen LogP contribution in [0.5, 0.6) is 0 Å². The molecule has 0 N–H and O–H groups in total. The smallest absolute Gasteiger partial charge is 0.270 e. The molecule has 158 valence electrons. The lowest BCUT2D eigenvalue weighted by atomic mass is 10.1. The van der Waals surface area contributed by atoms with Gasteiger partial charge in [-0.1, -0.05) is 18.2 Å². The fourth-order valence-electron chi connectivity index (χ4n) is 3.46. The standard InChI is InChI=1S/C20H13F3N4O2S2/c21-20(22,23)13-4-1-3-12(9-13)10-26-19(29)27-15-6-8-31-16(15)17(28)25(18(27)24-26)11-14-5-2-7-30-14/h1-9H,10-11H2. The molecule has 0 atom stereocenters. The first-order chi connectivity index (χ1) is 14.8. The second-order valence-electron chi connectivity index (χ2n) is 6.88. The summed E-state index contributed by atoms with van der Waals surface area (Å²) < 4.78 is 43.4. The van der Waals surface area contributed by atoms with Crippen molar-refractivity contribution < 1.29 is 13.2 Å². The van der Waals surface area contributed by atoms with E-state index in [9.17, 15) is 22.8 Å². The number of benzene rings is 1. The van der Waals surface area contributed by atoms with Gasteiger partial charge in [0.25, 0.3) is 5.56 Å². The van der Waals surface area contributed by atoms with E-state index >= 15 is 0 Å². The van der Waals surface area contributed by atoms with Crippen LogP contribution in [0.25, 0.3) is 16.0 Å². The van der Waals surface area contributed by atoms with Gasteiger partial charge in [-0.15, -0.1) is 27.8 Å². The molecule has 1 aromatic carbocycles. The number of nitrogens with zero attached hydrogens (tertiary/aromatic N) is 4. The molecule has 0 unspecified atom stereocenters. The minimum Gasteiger partial charge on any atom is -0.270 e. The van der Waals surface area contributed by atoms with Crippen molar-refractivity contribution >= 4 is 38.7 Å². The van der Waals surface area contributed by atoms with E-state index in [1.807, 2.05) is 17.5 Å². The largest absolute Gasteiger partial charge is 0.416 e. The SMILES string of the molecule is O=c1c2sccc2n2c(=O)n(Cc3cccc(C(F)(F)F)c3)nc2n1Cc1cccs1. The zero-order valence-corrected chi connectivity index (χ0v) is 17.3. The molecule has 0 aliphatic rings. The molecule has 5 aromatic rings. The minimum atomic E-state index is -4.48. The number of hydrogen-bond acceptors (Lipinski definition) is 5. The van der Waals surface area contributed by atoms with Gasteiger partial charge < -0.3 is 0 Å². The molecule has 0 amide bonds. The second-order valence-corrected chi connectivity index (χ2v) is 8.83. The average Bonchev–Trinajstić information content (AvgIpc) is 3.46. The number of halogens is 3. The molecule has 4 aromatic heterocycles. The number of thiophene rings is 2. The van der Waals surface area contributed by atoms with Crippen molar-refractivity contribution in [2.75, 3.05) is 0 Å². The fraction of sp³-hybridized carbons (Fsp3) is 0.150. The van der Waals surface area contributed by atoms with Gasteiger partial charge in [-0.3, -0.25) is 9.36 Å². The van der Waals surface area contributed by atoms with Crippen molar-refractivity contribution in [1.82, 2.24) is 18.7 Å². The van der Waals surface area contributed by atoms with Crippen LogP contribution in [0.2, 0.25) is 0 Å². The number of hydrogen-bond donors (Lipinski definition) is 0. The predicted molar refractivity (Wildman–Crippen MR) is 113 cm³/mol. The Balaban J connectivity index is 1.69. The van der Waals surface area contributed by atoms with E-state index < -0.39 is 17.4 Å². The third kappa shape index (κ3) is 3.39. The highest BCUT2D eigenvalue weighted by molar-refractivity contribution is 7.17. The van der Waals surface area contributed by atoms with Crippen molar-refractivity contribution in [2.24, 2.45) is 0 Å². The zero-order chi connectivity index (χ0) is 21.8. The van der Waals surface area contributed by atoms with E-state index in [0.717, 1.165) is 21.7 Å². The molecular formula is C20H13F3N4O2S2. The fourth-order valence-corrected chi connectivity index (χ4v) is 4.97. The Bertz CT molecular complexity index is 1520. The van der Waals surface area contributed by atoms with Gasteiger partial charge in [-0.25, -0.2) is 13.9 Å². The van der Waals surface area contributed by atoms with Crippen LogP contribution >= 0.6 is 22.7 Å². The Labute approximate surface area is 180 Å². The molecule has 0 saturated carbocycles. The Morgan fingerprint density at radius 3 is 2.55 bits per heavy atom. The van der Waals surface area contributed by atoms with E-state index in [2.05, 4.69) is 5.10 Å². The number of aromatic nitrogens is 4. The summed E-state index contributed by atoms with van der Waals surface area (Å²) in [6, 6.07) is 10.2. The maximum atomic E-state index is 13.1. The van der Waals surface area contributed by atoms with Crippen LogP contribution in [0.4, 0.5) is 13.2 Å². The lowest BCUT2D eigenvalue weighted by Gasteiger charge is -2.08. The van der Waals surface area contributed by atoms with Gasteiger partial charge in [-0.2, -0.15) is 13.2 Å². The summed E-state index contributed by atoms with van der Waals surface area (Å²) in [4.78, 5) is 27.1. The molecule has 31 heavy (non-hydrogen) atoms. The lowest BCUT2D eigenvalue weighted by molar-refractivity contribution is -0.137. The second kappa shape index (κ2) is 7.20. The summed E-state index contributed by atoms with van der Waals surface area (Å²) in [6.45, 7) is 0.0944. The van der Waals surface area contributed by atoms with Crippen LogP contribution < -0.4 is 11.2 Å². The summed E-state index contributed by atoms with van der Waals surface area (Å²) in [6.07, 6.45) is -4.48.